The van der Waals surface area contributed by atoms with Gasteiger partial charge < -0.3 is 25.2 Å². The zero-order valence-corrected chi connectivity index (χ0v) is 18.0. The topological polar surface area (TPSA) is 79.8 Å². The van der Waals surface area contributed by atoms with Crippen LogP contribution in [0.15, 0.2) is 40.9 Å². The summed E-state index contributed by atoms with van der Waals surface area (Å²) in [5.41, 5.74) is 2.83. The molecule has 152 valence electrons. The molecule has 3 N–H and O–H groups in total. The fourth-order valence-corrected chi connectivity index (χ4v) is 3.19. The highest BCUT2D eigenvalue weighted by atomic mass is 79.9. The van der Waals surface area contributed by atoms with E-state index in [-0.39, 0.29) is 25.2 Å². The highest BCUT2D eigenvalue weighted by Crippen LogP contribution is 2.36. The van der Waals surface area contributed by atoms with Crippen molar-refractivity contribution in [1.82, 2.24) is 5.32 Å². The predicted octanol–water partition coefficient (Wildman–Crippen LogP) is 3.64. The van der Waals surface area contributed by atoms with Gasteiger partial charge in [0.15, 0.2) is 18.1 Å². The van der Waals surface area contributed by atoms with Crippen LogP contribution in [0.25, 0.3) is 0 Å². The van der Waals surface area contributed by atoms with E-state index in [4.69, 9.17) is 9.47 Å². The SMILES string of the molecule is CC[C@H](CO)NCc1cc(Br)c(OCC(=O)Nc2ccc(C)cc2)c(OC)c1. The number of nitrogens with one attached hydrogen (secondary N) is 2. The normalized spacial score (nSPS) is 11.8. The molecule has 0 radical (unpaired) electrons. The number of methoxy groups -OCH3 is 1. The van der Waals surface area contributed by atoms with Crippen molar-refractivity contribution < 1.29 is 19.4 Å². The Labute approximate surface area is 174 Å². The molecule has 2 rings (SSSR count). The predicted molar refractivity (Wildman–Crippen MR) is 114 cm³/mol. The van der Waals surface area contributed by atoms with Crippen LogP contribution < -0.4 is 20.1 Å². The summed E-state index contributed by atoms with van der Waals surface area (Å²) in [6.07, 6.45) is 0.839. The van der Waals surface area contributed by atoms with Crippen LogP contribution in [0.4, 0.5) is 5.69 Å². The number of aliphatic hydroxyl groups is 1. The first-order valence-electron chi connectivity index (χ1n) is 9.16. The average molecular weight is 451 g/mol. The second-order valence-corrected chi connectivity index (χ2v) is 7.33. The largest absolute Gasteiger partial charge is 0.493 e. The third-order valence-corrected chi connectivity index (χ3v) is 4.87. The van der Waals surface area contributed by atoms with Crippen LogP contribution in [0.3, 0.4) is 0 Å². The van der Waals surface area contributed by atoms with Crippen molar-refractivity contribution in [2.45, 2.75) is 32.9 Å². The number of carbonyl (C=O) groups excluding carboxylic acids is 1. The van der Waals surface area contributed by atoms with Gasteiger partial charge in [0.1, 0.15) is 0 Å². The lowest BCUT2D eigenvalue weighted by atomic mass is 10.1. The summed E-state index contributed by atoms with van der Waals surface area (Å²) in [6, 6.07) is 11.4. The van der Waals surface area contributed by atoms with Crippen LogP contribution in [0.2, 0.25) is 0 Å². The number of hydrogen-bond donors (Lipinski definition) is 3. The summed E-state index contributed by atoms with van der Waals surface area (Å²) in [4.78, 5) is 12.2. The molecule has 0 heterocycles. The molecule has 0 aliphatic carbocycles. The Morgan fingerprint density at radius 2 is 1.96 bits per heavy atom. The average Bonchev–Trinajstić information content (AvgIpc) is 2.69. The minimum atomic E-state index is -0.253. The molecule has 7 heteroatoms. The highest BCUT2D eigenvalue weighted by molar-refractivity contribution is 9.10. The summed E-state index contributed by atoms with van der Waals surface area (Å²) < 4.78 is 11.8. The van der Waals surface area contributed by atoms with Gasteiger partial charge in [0.25, 0.3) is 5.91 Å². The van der Waals surface area contributed by atoms with E-state index in [9.17, 15) is 9.90 Å². The zero-order valence-electron chi connectivity index (χ0n) is 16.4. The summed E-state index contributed by atoms with van der Waals surface area (Å²) in [5.74, 6) is 0.753. The molecule has 0 fully saturated rings. The highest BCUT2D eigenvalue weighted by Gasteiger charge is 2.14. The van der Waals surface area contributed by atoms with Crippen molar-refractivity contribution in [3.8, 4) is 11.5 Å². The number of amides is 1. The maximum atomic E-state index is 12.2. The molecule has 28 heavy (non-hydrogen) atoms. The first-order chi connectivity index (χ1) is 13.5. The minimum Gasteiger partial charge on any atom is -0.493 e. The van der Waals surface area contributed by atoms with E-state index in [1.54, 1.807) is 7.11 Å². The molecule has 1 amide bonds. The summed E-state index contributed by atoms with van der Waals surface area (Å²) in [7, 11) is 1.56. The molecule has 2 aromatic rings. The zero-order chi connectivity index (χ0) is 20.5. The molecule has 0 bridgehead atoms. The Kier molecular flexibility index (Phi) is 8.76. The monoisotopic (exact) mass is 450 g/mol. The molecular formula is C21H27BrN2O4. The Balaban J connectivity index is 2.00. The first-order valence-corrected chi connectivity index (χ1v) is 9.96. The van der Waals surface area contributed by atoms with Gasteiger partial charge in [-0.2, -0.15) is 0 Å². The molecule has 0 aromatic heterocycles. The van der Waals surface area contributed by atoms with Gasteiger partial charge in [-0.25, -0.2) is 0 Å². The maximum Gasteiger partial charge on any atom is 0.262 e. The summed E-state index contributed by atoms with van der Waals surface area (Å²) in [5, 5.41) is 15.4. The van der Waals surface area contributed by atoms with Crippen LogP contribution in [0.1, 0.15) is 24.5 Å². The Morgan fingerprint density at radius 1 is 1.25 bits per heavy atom. The molecule has 0 aliphatic rings. The van der Waals surface area contributed by atoms with E-state index >= 15 is 0 Å². The first kappa shape index (κ1) is 22.2. The van der Waals surface area contributed by atoms with Gasteiger partial charge in [-0.05, 0) is 59.1 Å². The number of benzene rings is 2. The van der Waals surface area contributed by atoms with Crippen molar-refractivity contribution in [2.75, 3.05) is 25.6 Å². The van der Waals surface area contributed by atoms with Crippen molar-refractivity contribution in [2.24, 2.45) is 0 Å². The van der Waals surface area contributed by atoms with Gasteiger partial charge in [0.2, 0.25) is 0 Å². The number of aryl methyl sites for hydroxylation is 1. The number of hydrogen-bond acceptors (Lipinski definition) is 5. The van der Waals surface area contributed by atoms with E-state index in [0.29, 0.717) is 22.5 Å². The Morgan fingerprint density at radius 3 is 2.57 bits per heavy atom. The molecule has 0 spiro atoms. The van der Waals surface area contributed by atoms with Crippen molar-refractivity contribution >= 4 is 27.5 Å². The second kappa shape index (κ2) is 11.0. The van der Waals surface area contributed by atoms with Gasteiger partial charge in [0, 0.05) is 18.3 Å². The van der Waals surface area contributed by atoms with Crippen molar-refractivity contribution in [1.29, 1.82) is 0 Å². The Bertz CT molecular complexity index is 777. The quantitative estimate of drug-likeness (QED) is 0.514. The van der Waals surface area contributed by atoms with E-state index in [0.717, 1.165) is 23.2 Å². The van der Waals surface area contributed by atoms with Gasteiger partial charge in [-0.3, -0.25) is 4.79 Å². The van der Waals surface area contributed by atoms with Crippen LogP contribution in [0.5, 0.6) is 11.5 Å². The minimum absolute atomic E-state index is 0.0474. The Hall–Kier alpha value is -2.09. The number of ether oxygens (including phenoxy) is 2. The number of anilines is 1. The van der Waals surface area contributed by atoms with Gasteiger partial charge >= 0.3 is 0 Å². The van der Waals surface area contributed by atoms with Crippen LogP contribution in [-0.2, 0) is 11.3 Å². The van der Waals surface area contributed by atoms with Crippen molar-refractivity contribution in [3.05, 3.63) is 52.0 Å². The summed E-state index contributed by atoms with van der Waals surface area (Å²) in [6.45, 7) is 4.55. The molecule has 0 saturated heterocycles. The van der Waals surface area contributed by atoms with Crippen LogP contribution in [0, 0.1) is 6.92 Å². The smallest absolute Gasteiger partial charge is 0.262 e. The third-order valence-electron chi connectivity index (χ3n) is 4.28. The third kappa shape index (κ3) is 6.51. The second-order valence-electron chi connectivity index (χ2n) is 6.48. The van der Waals surface area contributed by atoms with Crippen molar-refractivity contribution in [3.63, 3.8) is 0 Å². The molecule has 0 saturated carbocycles. The number of halogens is 1. The molecular weight excluding hydrogens is 424 g/mol. The van der Waals surface area contributed by atoms with E-state index in [1.165, 1.54) is 0 Å². The lowest BCUT2D eigenvalue weighted by Gasteiger charge is -2.17. The maximum absolute atomic E-state index is 12.2. The fourth-order valence-electron chi connectivity index (χ4n) is 2.59. The summed E-state index contributed by atoms with van der Waals surface area (Å²) >= 11 is 3.49. The van der Waals surface area contributed by atoms with E-state index in [2.05, 4.69) is 26.6 Å². The molecule has 0 unspecified atom stereocenters. The van der Waals surface area contributed by atoms with Crippen LogP contribution >= 0.6 is 15.9 Å². The van der Waals surface area contributed by atoms with Gasteiger partial charge in [0.05, 0.1) is 18.2 Å². The molecule has 1 atom stereocenters. The van der Waals surface area contributed by atoms with Gasteiger partial charge in [-0.15, -0.1) is 0 Å². The molecule has 2 aromatic carbocycles. The van der Waals surface area contributed by atoms with E-state index < -0.39 is 0 Å². The fraction of sp³-hybridized carbons (Fsp3) is 0.381. The number of aliphatic hydroxyl groups excluding tert-OH is 1. The molecule has 0 aliphatic heterocycles. The van der Waals surface area contributed by atoms with Gasteiger partial charge in [-0.1, -0.05) is 24.6 Å². The lowest BCUT2D eigenvalue weighted by Crippen LogP contribution is -2.31. The lowest BCUT2D eigenvalue weighted by molar-refractivity contribution is -0.118. The number of rotatable bonds is 10. The standard InChI is InChI=1S/C21H27BrN2O4/c1-4-16(12-25)23-11-15-9-18(22)21(19(10-15)27-3)28-13-20(26)24-17-7-5-14(2)6-8-17/h5-10,16,23,25H,4,11-13H2,1-3H3,(H,24,26)/t16-/m1/s1. The number of carbonyl (C=O) groups is 1. The van der Waals surface area contributed by atoms with E-state index in [1.807, 2.05) is 50.2 Å². The molecule has 6 nitrogen and oxygen atoms in total. The van der Waals surface area contributed by atoms with Crippen LogP contribution in [-0.4, -0.2) is 37.4 Å².